The predicted octanol–water partition coefficient (Wildman–Crippen LogP) is 2.67. The lowest BCUT2D eigenvalue weighted by atomic mass is 10.1. The van der Waals surface area contributed by atoms with E-state index in [4.69, 9.17) is 14.4 Å². The lowest BCUT2D eigenvalue weighted by molar-refractivity contribution is -0.140. The molecule has 0 radical (unpaired) electrons. The Morgan fingerprint density at radius 2 is 2.17 bits per heavy atom. The Bertz CT molecular complexity index is 798. The third-order valence-corrected chi connectivity index (χ3v) is 4.37. The van der Waals surface area contributed by atoms with Crippen molar-refractivity contribution in [1.29, 1.82) is 0 Å². The molecule has 2 N–H and O–H groups in total. The second-order valence-electron chi connectivity index (χ2n) is 5.71. The zero-order valence-electron chi connectivity index (χ0n) is 12.8. The van der Waals surface area contributed by atoms with E-state index in [1.807, 2.05) is 6.92 Å². The van der Waals surface area contributed by atoms with E-state index in [-0.39, 0.29) is 6.61 Å². The first kappa shape index (κ1) is 16.5. The van der Waals surface area contributed by atoms with Gasteiger partial charge in [-0.05, 0) is 53.9 Å². The van der Waals surface area contributed by atoms with Crippen molar-refractivity contribution in [2.75, 3.05) is 0 Å². The van der Waals surface area contributed by atoms with Gasteiger partial charge in [0.2, 0.25) is 0 Å². The Labute approximate surface area is 146 Å². The molecule has 1 aliphatic rings. The van der Waals surface area contributed by atoms with Gasteiger partial charge >= 0.3 is 5.97 Å². The Balaban J connectivity index is 1.65. The topological polar surface area (TPSA) is 102 Å². The number of halogens is 1. The van der Waals surface area contributed by atoms with E-state index in [0.29, 0.717) is 34.4 Å². The molecule has 1 aromatic heterocycles. The van der Waals surface area contributed by atoms with Crippen molar-refractivity contribution >= 4 is 27.8 Å². The van der Waals surface area contributed by atoms with Gasteiger partial charge in [-0.25, -0.2) is 4.79 Å². The number of aromatic nitrogens is 1. The number of aliphatic carboxylic acids is 1. The van der Waals surface area contributed by atoms with Gasteiger partial charge in [-0.3, -0.25) is 4.79 Å². The number of nitrogens with one attached hydrogen (secondary N) is 1. The molecule has 1 aliphatic carbocycles. The van der Waals surface area contributed by atoms with Crippen molar-refractivity contribution < 1.29 is 24.0 Å². The van der Waals surface area contributed by atoms with Crippen LogP contribution in [0.3, 0.4) is 0 Å². The number of carboxylic acids is 1. The normalized spacial score (nSPS) is 14.9. The number of rotatable bonds is 6. The molecule has 1 saturated carbocycles. The summed E-state index contributed by atoms with van der Waals surface area (Å²) in [6.45, 7) is 2.03. The number of ether oxygens (including phenoxy) is 1. The molecule has 3 rings (SSSR count). The van der Waals surface area contributed by atoms with Gasteiger partial charge in [0.15, 0.2) is 5.76 Å². The molecule has 24 heavy (non-hydrogen) atoms. The lowest BCUT2D eigenvalue weighted by Gasteiger charge is -2.13. The molecule has 0 bridgehead atoms. The molecule has 2 aromatic rings. The van der Waals surface area contributed by atoms with Crippen molar-refractivity contribution in [3.63, 3.8) is 0 Å². The molecule has 0 unspecified atom stereocenters. The van der Waals surface area contributed by atoms with Gasteiger partial charge in [0.25, 0.3) is 5.91 Å². The third-order valence-electron chi connectivity index (χ3n) is 3.75. The first-order chi connectivity index (χ1) is 11.4. The van der Waals surface area contributed by atoms with Crippen LogP contribution in [-0.2, 0) is 11.4 Å². The zero-order chi connectivity index (χ0) is 17.3. The van der Waals surface area contributed by atoms with Crippen LogP contribution in [0.25, 0.3) is 0 Å². The van der Waals surface area contributed by atoms with Crippen LogP contribution in [0.4, 0.5) is 0 Å². The second kappa shape index (κ2) is 6.27. The Morgan fingerprint density at radius 3 is 2.71 bits per heavy atom. The summed E-state index contributed by atoms with van der Waals surface area (Å²) in [5, 5.41) is 15.5. The quantitative estimate of drug-likeness (QED) is 0.780. The van der Waals surface area contributed by atoms with Gasteiger partial charge in [-0.15, -0.1) is 0 Å². The number of amides is 1. The van der Waals surface area contributed by atoms with Crippen molar-refractivity contribution in [3.8, 4) is 5.75 Å². The van der Waals surface area contributed by atoms with Crippen LogP contribution >= 0.6 is 15.9 Å². The van der Waals surface area contributed by atoms with Crippen molar-refractivity contribution in [2.45, 2.75) is 31.9 Å². The van der Waals surface area contributed by atoms with Gasteiger partial charge in [0, 0.05) is 11.6 Å². The number of carboxylic acid groups (broad SMARTS) is 1. The molecule has 0 spiro atoms. The number of hydrogen-bond donors (Lipinski definition) is 2. The molecule has 8 heteroatoms. The molecule has 1 heterocycles. The fourth-order valence-corrected chi connectivity index (χ4v) is 2.69. The van der Waals surface area contributed by atoms with E-state index in [9.17, 15) is 9.59 Å². The molecular weight excluding hydrogens is 380 g/mol. The number of aryl methyl sites for hydroxylation is 1. The summed E-state index contributed by atoms with van der Waals surface area (Å²) in [5.41, 5.74) is 0.0208. The van der Waals surface area contributed by atoms with E-state index in [1.165, 1.54) is 0 Å². The highest BCUT2D eigenvalue weighted by molar-refractivity contribution is 9.10. The SMILES string of the molecule is Cc1cc(COc2ccc(C(=O)NC3(C(=O)O)CC3)cc2Br)on1. The van der Waals surface area contributed by atoms with Crippen molar-refractivity contribution in [1.82, 2.24) is 10.5 Å². The van der Waals surface area contributed by atoms with Gasteiger partial charge in [-0.1, -0.05) is 5.16 Å². The van der Waals surface area contributed by atoms with Crippen LogP contribution in [0.15, 0.2) is 33.3 Å². The van der Waals surface area contributed by atoms with Crippen molar-refractivity contribution in [2.24, 2.45) is 0 Å². The fourth-order valence-electron chi connectivity index (χ4n) is 2.20. The van der Waals surface area contributed by atoms with Gasteiger partial charge in [0.1, 0.15) is 17.9 Å². The summed E-state index contributed by atoms with van der Waals surface area (Å²) in [6.07, 6.45) is 0.903. The predicted molar refractivity (Wildman–Crippen MR) is 86.8 cm³/mol. The molecule has 1 aromatic carbocycles. The zero-order valence-corrected chi connectivity index (χ0v) is 14.4. The molecule has 1 amide bonds. The van der Waals surface area contributed by atoms with Crippen LogP contribution in [0.1, 0.15) is 34.7 Å². The standard InChI is InChI=1S/C16H15BrN2O5/c1-9-6-11(24-19-9)8-23-13-3-2-10(7-12(13)17)14(20)18-16(4-5-16)15(21)22/h2-3,6-7H,4-5,8H2,1H3,(H,18,20)(H,21,22). The van der Waals surface area contributed by atoms with Gasteiger partial charge in [-0.2, -0.15) is 0 Å². The molecule has 126 valence electrons. The van der Waals surface area contributed by atoms with E-state index >= 15 is 0 Å². The maximum absolute atomic E-state index is 12.2. The van der Waals surface area contributed by atoms with Crippen LogP contribution in [0, 0.1) is 6.92 Å². The minimum Gasteiger partial charge on any atom is -0.484 e. The molecule has 1 fully saturated rings. The van der Waals surface area contributed by atoms with Crippen LogP contribution in [-0.4, -0.2) is 27.7 Å². The van der Waals surface area contributed by atoms with Crippen molar-refractivity contribution in [3.05, 3.63) is 45.8 Å². The average Bonchev–Trinajstić information content (AvgIpc) is 3.20. The number of hydrogen-bond acceptors (Lipinski definition) is 5. The molecule has 0 aliphatic heterocycles. The van der Waals surface area contributed by atoms with Gasteiger partial charge < -0.3 is 19.7 Å². The summed E-state index contributed by atoms with van der Waals surface area (Å²) < 4.78 is 11.3. The number of carbonyl (C=O) groups is 2. The summed E-state index contributed by atoms with van der Waals surface area (Å²) in [5.74, 6) is -0.288. The van der Waals surface area contributed by atoms with Gasteiger partial charge in [0.05, 0.1) is 10.2 Å². The Hall–Kier alpha value is -2.35. The molecule has 0 atom stereocenters. The summed E-state index contributed by atoms with van der Waals surface area (Å²) >= 11 is 3.35. The fraction of sp³-hybridized carbons (Fsp3) is 0.312. The minimum absolute atomic E-state index is 0.215. The van der Waals surface area contributed by atoms with E-state index in [0.717, 1.165) is 5.69 Å². The van der Waals surface area contributed by atoms with E-state index in [2.05, 4.69) is 26.4 Å². The van der Waals surface area contributed by atoms with Crippen LogP contribution < -0.4 is 10.1 Å². The van der Waals surface area contributed by atoms with Crippen LogP contribution in [0.5, 0.6) is 5.75 Å². The smallest absolute Gasteiger partial charge is 0.329 e. The molecule has 7 nitrogen and oxygen atoms in total. The second-order valence-corrected chi connectivity index (χ2v) is 6.56. The summed E-state index contributed by atoms with van der Waals surface area (Å²) in [7, 11) is 0. The lowest BCUT2D eigenvalue weighted by Crippen LogP contribution is -2.43. The third kappa shape index (κ3) is 3.43. The highest BCUT2D eigenvalue weighted by Crippen LogP contribution is 2.36. The Morgan fingerprint density at radius 1 is 1.42 bits per heavy atom. The minimum atomic E-state index is -1.11. The highest BCUT2D eigenvalue weighted by Gasteiger charge is 2.51. The summed E-state index contributed by atoms with van der Waals surface area (Å²) in [6, 6.07) is 6.59. The first-order valence-electron chi connectivity index (χ1n) is 7.30. The Kier molecular flexibility index (Phi) is 4.31. The largest absolute Gasteiger partial charge is 0.484 e. The van der Waals surface area contributed by atoms with Crippen LogP contribution in [0.2, 0.25) is 0 Å². The summed E-state index contributed by atoms with van der Waals surface area (Å²) in [4.78, 5) is 23.3. The molecule has 0 saturated heterocycles. The number of benzene rings is 1. The monoisotopic (exact) mass is 394 g/mol. The van der Waals surface area contributed by atoms with E-state index in [1.54, 1.807) is 24.3 Å². The van der Waals surface area contributed by atoms with E-state index < -0.39 is 17.4 Å². The average molecular weight is 395 g/mol. The maximum Gasteiger partial charge on any atom is 0.329 e. The number of nitrogens with zero attached hydrogens (tertiary/aromatic N) is 1. The first-order valence-corrected chi connectivity index (χ1v) is 8.09. The maximum atomic E-state index is 12.2. The highest BCUT2D eigenvalue weighted by atomic mass is 79.9. The molecular formula is C16H15BrN2O5. The number of carbonyl (C=O) groups excluding carboxylic acids is 1.